The maximum Gasteiger partial charge on any atom is 0.0730 e. The summed E-state index contributed by atoms with van der Waals surface area (Å²) in [5.41, 5.74) is 17.4. The van der Waals surface area contributed by atoms with E-state index in [-0.39, 0.29) is 12.4 Å². The molecule has 98 valence electrons. The van der Waals surface area contributed by atoms with Gasteiger partial charge >= 0.3 is 0 Å². The Kier molecular flexibility index (Phi) is 3.25. The molecule has 0 radical (unpaired) electrons. The van der Waals surface area contributed by atoms with E-state index in [0.29, 0.717) is 0 Å². The molecule has 4 heteroatoms. The Morgan fingerprint density at radius 3 is 2.00 bits per heavy atom. The standard InChI is InChI=1S/C15H15N3.ClH/c1-8-3-10-5-11-6-12(16)9(2)4-14(11)18-15(10)7-13(8)17;/h3-7H,16-17H2,1-2H3;1H. The summed E-state index contributed by atoms with van der Waals surface area (Å²) >= 11 is 0. The summed E-state index contributed by atoms with van der Waals surface area (Å²) < 4.78 is 0. The number of halogens is 1. The summed E-state index contributed by atoms with van der Waals surface area (Å²) in [6, 6.07) is 10.1. The summed E-state index contributed by atoms with van der Waals surface area (Å²) in [4.78, 5) is 4.65. The molecule has 2 aromatic carbocycles. The molecule has 0 saturated heterocycles. The Balaban J connectivity index is 0.00000133. The van der Waals surface area contributed by atoms with E-state index in [1.165, 1.54) is 0 Å². The lowest BCUT2D eigenvalue weighted by Crippen LogP contribution is -1.93. The number of nitrogens with two attached hydrogens (primary N) is 2. The van der Waals surface area contributed by atoms with Crippen molar-refractivity contribution < 1.29 is 0 Å². The molecule has 0 aliphatic rings. The molecule has 3 rings (SSSR count). The third kappa shape index (κ3) is 2.17. The average molecular weight is 274 g/mol. The molecule has 0 atom stereocenters. The molecule has 3 aromatic rings. The number of nitrogens with zero attached hydrogens (tertiary/aromatic N) is 1. The van der Waals surface area contributed by atoms with Crippen LogP contribution in [0.1, 0.15) is 11.1 Å². The van der Waals surface area contributed by atoms with Crippen molar-refractivity contribution in [2.75, 3.05) is 11.5 Å². The zero-order valence-electron chi connectivity index (χ0n) is 10.9. The van der Waals surface area contributed by atoms with Crippen molar-refractivity contribution in [3.8, 4) is 0 Å². The smallest absolute Gasteiger partial charge is 0.0730 e. The second kappa shape index (κ2) is 4.59. The number of aromatic nitrogens is 1. The highest BCUT2D eigenvalue weighted by Crippen LogP contribution is 2.26. The maximum absolute atomic E-state index is 5.94. The van der Waals surface area contributed by atoms with Crippen LogP contribution >= 0.6 is 12.4 Å². The molecule has 0 fully saturated rings. The first-order valence-electron chi connectivity index (χ1n) is 5.91. The van der Waals surface area contributed by atoms with Crippen LogP contribution in [0.15, 0.2) is 30.3 Å². The van der Waals surface area contributed by atoms with Crippen LogP contribution in [0.5, 0.6) is 0 Å². The Morgan fingerprint density at radius 1 is 0.737 bits per heavy atom. The van der Waals surface area contributed by atoms with Gasteiger partial charge in [0.2, 0.25) is 0 Å². The molecule has 0 unspecified atom stereocenters. The van der Waals surface area contributed by atoms with Crippen molar-refractivity contribution >= 4 is 45.6 Å². The van der Waals surface area contributed by atoms with Crippen LogP contribution in [0.25, 0.3) is 21.8 Å². The normalized spacial score (nSPS) is 10.6. The monoisotopic (exact) mass is 273 g/mol. The molecule has 4 N–H and O–H groups in total. The van der Waals surface area contributed by atoms with Crippen LogP contribution in [-0.4, -0.2) is 4.98 Å². The van der Waals surface area contributed by atoms with E-state index in [1.807, 2.05) is 32.0 Å². The first-order valence-corrected chi connectivity index (χ1v) is 5.91. The number of benzene rings is 2. The molecule has 0 aliphatic heterocycles. The second-order valence-corrected chi connectivity index (χ2v) is 4.79. The minimum absolute atomic E-state index is 0. The molecule has 0 spiro atoms. The van der Waals surface area contributed by atoms with Crippen LogP contribution < -0.4 is 11.5 Å². The molecular formula is C15H16ClN3. The highest BCUT2D eigenvalue weighted by atomic mass is 35.5. The molecular weight excluding hydrogens is 258 g/mol. The third-order valence-electron chi connectivity index (χ3n) is 3.38. The number of nitrogen functional groups attached to an aromatic ring is 2. The number of fused-ring (bicyclic) bond motifs is 2. The molecule has 1 heterocycles. The van der Waals surface area contributed by atoms with Crippen molar-refractivity contribution in [2.45, 2.75) is 13.8 Å². The molecule has 0 amide bonds. The predicted octanol–water partition coefficient (Wildman–Crippen LogP) is 3.59. The van der Waals surface area contributed by atoms with Gasteiger partial charge < -0.3 is 11.5 Å². The van der Waals surface area contributed by atoms with Crippen LogP contribution in [0, 0.1) is 13.8 Å². The Labute approximate surface area is 118 Å². The van der Waals surface area contributed by atoms with Gasteiger partial charge in [-0.1, -0.05) is 0 Å². The van der Waals surface area contributed by atoms with Crippen molar-refractivity contribution in [1.82, 2.24) is 4.98 Å². The SMILES string of the molecule is Cc1cc2nc3cc(N)c(C)cc3cc2cc1N.Cl. The fraction of sp³-hybridized carbons (Fsp3) is 0.133. The summed E-state index contributed by atoms with van der Waals surface area (Å²) in [5, 5.41) is 2.16. The zero-order chi connectivity index (χ0) is 12.9. The molecule has 3 nitrogen and oxygen atoms in total. The van der Waals surface area contributed by atoms with Gasteiger partial charge in [0.15, 0.2) is 0 Å². The van der Waals surface area contributed by atoms with Crippen LogP contribution in [-0.2, 0) is 0 Å². The number of pyridine rings is 1. The van der Waals surface area contributed by atoms with Crippen molar-refractivity contribution in [1.29, 1.82) is 0 Å². The molecule has 1 aromatic heterocycles. The largest absolute Gasteiger partial charge is 0.398 e. The van der Waals surface area contributed by atoms with E-state index in [0.717, 1.165) is 44.3 Å². The quantitative estimate of drug-likeness (QED) is 0.486. The number of rotatable bonds is 0. The van der Waals surface area contributed by atoms with Gasteiger partial charge in [-0.25, -0.2) is 4.98 Å². The summed E-state index contributed by atoms with van der Waals surface area (Å²) in [6.07, 6.45) is 0. The number of hydrogen-bond donors (Lipinski definition) is 2. The Morgan fingerprint density at radius 2 is 1.26 bits per heavy atom. The van der Waals surface area contributed by atoms with Crippen molar-refractivity contribution in [3.05, 3.63) is 41.5 Å². The highest BCUT2D eigenvalue weighted by molar-refractivity contribution is 5.96. The summed E-state index contributed by atoms with van der Waals surface area (Å²) in [7, 11) is 0. The van der Waals surface area contributed by atoms with E-state index >= 15 is 0 Å². The topological polar surface area (TPSA) is 64.9 Å². The van der Waals surface area contributed by atoms with Crippen molar-refractivity contribution in [2.24, 2.45) is 0 Å². The number of anilines is 2. The lowest BCUT2D eigenvalue weighted by atomic mass is 10.1. The Bertz CT molecular complexity index is 652. The molecule has 0 aliphatic carbocycles. The third-order valence-corrected chi connectivity index (χ3v) is 3.38. The molecule has 0 bridgehead atoms. The lowest BCUT2D eigenvalue weighted by Gasteiger charge is -2.07. The van der Waals surface area contributed by atoms with E-state index in [9.17, 15) is 0 Å². The van der Waals surface area contributed by atoms with Gasteiger partial charge in [0.1, 0.15) is 0 Å². The minimum Gasteiger partial charge on any atom is -0.398 e. The van der Waals surface area contributed by atoms with Crippen LogP contribution in [0.3, 0.4) is 0 Å². The van der Waals surface area contributed by atoms with Gasteiger partial charge in [0.05, 0.1) is 11.0 Å². The highest BCUT2D eigenvalue weighted by Gasteiger charge is 2.04. The fourth-order valence-electron chi connectivity index (χ4n) is 2.18. The second-order valence-electron chi connectivity index (χ2n) is 4.79. The van der Waals surface area contributed by atoms with Crippen molar-refractivity contribution in [3.63, 3.8) is 0 Å². The van der Waals surface area contributed by atoms with E-state index in [4.69, 9.17) is 11.5 Å². The van der Waals surface area contributed by atoms with Gasteiger partial charge in [-0.2, -0.15) is 0 Å². The fourth-order valence-corrected chi connectivity index (χ4v) is 2.18. The van der Waals surface area contributed by atoms with Gasteiger partial charge in [0, 0.05) is 22.1 Å². The van der Waals surface area contributed by atoms with Crippen LogP contribution in [0.2, 0.25) is 0 Å². The van der Waals surface area contributed by atoms with Gasteiger partial charge in [-0.05, 0) is 55.3 Å². The molecule has 0 saturated carbocycles. The summed E-state index contributed by atoms with van der Waals surface area (Å²) in [6.45, 7) is 3.99. The van der Waals surface area contributed by atoms with E-state index in [1.54, 1.807) is 0 Å². The Hall–Kier alpha value is -2.00. The zero-order valence-corrected chi connectivity index (χ0v) is 11.7. The maximum atomic E-state index is 5.94. The van der Waals surface area contributed by atoms with E-state index in [2.05, 4.69) is 17.1 Å². The predicted molar refractivity (Wildman–Crippen MR) is 84.8 cm³/mol. The van der Waals surface area contributed by atoms with Gasteiger partial charge in [0.25, 0.3) is 0 Å². The van der Waals surface area contributed by atoms with E-state index < -0.39 is 0 Å². The first-order chi connectivity index (χ1) is 8.54. The molecule has 19 heavy (non-hydrogen) atoms. The summed E-state index contributed by atoms with van der Waals surface area (Å²) in [5.74, 6) is 0. The number of aryl methyl sites for hydroxylation is 2. The van der Waals surface area contributed by atoms with Gasteiger partial charge in [-0.15, -0.1) is 12.4 Å². The average Bonchev–Trinajstić information content (AvgIpc) is 2.31. The van der Waals surface area contributed by atoms with Crippen LogP contribution in [0.4, 0.5) is 11.4 Å². The number of hydrogen-bond acceptors (Lipinski definition) is 3. The minimum atomic E-state index is 0. The first kappa shape index (κ1) is 13.4. The van der Waals surface area contributed by atoms with Gasteiger partial charge in [-0.3, -0.25) is 0 Å². The lowest BCUT2D eigenvalue weighted by molar-refractivity contribution is 1.43.